The van der Waals surface area contributed by atoms with Gasteiger partial charge in [-0.25, -0.2) is 0 Å². The molecule has 0 radical (unpaired) electrons. The van der Waals surface area contributed by atoms with E-state index in [1.807, 2.05) is 18.2 Å². The van der Waals surface area contributed by atoms with Crippen LogP contribution in [0.5, 0.6) is 0 Å². The van der Waals surface area contributed by atoms with Crippen LogP contribution in [0.25, 0.3) is 10.8 Å². The lowest BCUT2D eigenvalue weighted by atomic mass is 9.69. The van der Waals surface area contributed by atoms with Gasteiger partial charge in [0.25, 0.3) is 0 Å². The number of hydrogen-bond donors (Lipinski definition) is 1. The molecule has 1 fully saturated rings. The van der Waals surface area contributed by atoms with Crippen LogP contribution in [0.4, 0.5) is 0 Å². The summed E-state index contributed by atoms with van der Waals surface area (Å²) in [6.45, 7) is 0. The Balaban J connectivity index is 2.09. The summed E-state index contributed by atoms with van der Waals surface area (Å²) in [4.78, 5) is 11.1. The Labute approximate surface area is 99.9 Å². The topological polar surface area (TPSA) is 37.3 Å². The molecule has 0 heterocycles. The summed E-state index contributed by atoms with van der Waals surface area (Å²) in [6, 6.07) is 14.4. The van der Waals surface area contributed by atoms with Gasteiger partial charge in [0.15, 0.2) is 0 Å². The average Bonchev–Trinajstić information content (AvgIpc) is 2.27. The maximum atomic E-state index is 11.1. The second kappa shape index (κ2) is 3.88. The van der Waals surface area contributed by atoms with Gasteiger partial charge in [-0.3, -0.25) is 4.79 Å². The lowest BCUT2D eigenvalue weighted by molar-refractivity contribution is -0.145. The molecule has 2 aromatic rings. The monoisotopic (exact) mass is 226 g/mol. The van der Waals surface area contributed by atoms with Gasteiger partial charge in [-0.15, -0.1) is 0 Å². The molecule has 2 nitrogen and oxygen atoms in total. The Morgan fingerprint density at radius 2 is 1.82 bits per heavy atom. The average molecular weight is 226 g/mol. The molecule has 1 aliphatic rings. The maximum Gasteiger partial charge on any atom is 0.307 e. The third kappa shape index (κ3) is 1.60. The fourth-order valence-corrected chi connectivity index (χ4v) is 2.74. The van der Waals surface area contributed by atoms with Gasteiger partial charge in [0.2, 0.25) is 0 Å². The predicted molar refractivity (Wildman–Crippen MR) is 67.0 cm³/mol. The molecule has 2 atom stereocenters. The van der Waals surface area contributed by atoms with E-state index in [2.05, 4.69) is 24.3 Å². The molecule has 86 valence electrons. The first kappa shape index (κ1) is 10.3. The smallest absolute Gasteiger partial charge is 0.307 e. The molecule has 3 rings (SSSR count). The summed E-state index contributed by atoms with van der Waals surface area (Å²) in [6.07, 6.45) is 1.80. The van der Waals surface area contributed by atoms with Gasteiger partial charge in [0, 0.05) is 0 Å². The molecule has 0 amide bonds. The molecule has 0 bridgehead atoms. The fraction of sp³-hybridized carbons (Fsp3) is 0.267. The molecule has 0 aromatic heterocycles. The van der Waals surface area contributed by atoms with Crippen LogP contribution in [-0.2, 0) is 4.79 Å². The van der Waals surface area contributed by atoms with Crippen LogP contribution in [0.15, 0.2) is 42.5 Å². The Kier molecular flexibility index (Phi) is 2.36. The second-order valence-electron chi connectivity index (χ2n) is 4.70. The molecule has 2 heteroatoms. The largest absolute Gasteiger partial charge is 0.481 e. The van der Waals surface area contributed by atoms with Gasteiger partial charge in [-0.2, -0.15) is 0 Å². The van der Waals surface area contributed by atoms with E-state index in [9.17, 15) is 4.79 Å². The standard InChI is InChI=1S/C15H14O2/c16-15(17)14-9-8-13(14)12-7-3-5-10-4-1-2-6-11(10)12/h1-7,13-14H,8-9H2,(H,16,17). The third-order valence-corrected chi connectivity index (χ3v) is 3.81. The van der Waals surface area contributed by atoms with Gasteiger partial charge >= 0.3 is 5.97 Å². The zero-order chi connectivity index (χ0) is 11.8. The van der Waals surface area contributed by atoms with Crippen LogP contribution >= 0.6 is 0 Å². The zero-order valence-corrected chi connectivity index (χ0v) is 9.47. The number of fused-ring (bicyclic) bond motifs is 1. The summed E-state index contributed by atoms with van der Waals surface area (Å²) in [7, 11) is 0. The third-order valence-electron chi connectivity index (χ3n) is 3.81. The Hall–Kier alpha value is -1.83. The lowest BCUT2D eigenvalue weighted by Crippen LogP contribution is -2.31. The number of carboxylic acids is 1. The molecule has 2 unspecified atom stereocenters. The van der Waals surface area contributed by atoms with Crippen LogP contribution in [0, 0.1) is 5.92 Å². The highest BCUT2D eigenvalue weighted by molar-refractivity contribution is 5.87. The second-order valence-corrected chi connectivity index (χ2v) is 4.70. The summed E-state index contributed by atoms with van der Waals surface area (Å²) in [5.74, 6) is -0.659. The molecular weight excluding hydrogens is 212 g/mol. The molecular formula is C15H14O2. The van der Waals surface area contributed by atoms with E-state index in [-0.39, 0.29) is 11.8 Å². The molecule has 2 aromatic carbocycles. The fourth-order valence-electron chi connectivity index (χ4n) is 2.74. The number of aliphatic carboxylic acids is 1. The van der Waals surface area contributed by atoms with Gasteiger partial charge in [-0.1, -0.05) is 42.5 Å². The Morgan fingerprint density at radius 3 is 2.53 bits per heavy atom. The summed E-state index contributed by atoms with van der Waals surface area (Å²) < 4.78 is 0. The van der Waals surface area contributed by atoms with Crippen molar-refractivity contribution in [3.05, 3.63) is 48.0 Å². The summed E-state index contributed by atoms with van der Waals surface area (Å²) in [5.41, 5.74) is 1.20. The van der Waals surface area contributed by atoms with Gasteiger partial charge < -0.3 is 5.11 Å². The van der Waals surface area contributed by atoms with Crippen LogP contribution in [0.1, 0.15) is 24.3 Å². The molecule has 0 saturated heterocycles. The number of rotatable bonds is 2. The SMILES string of the molecule is O=C(O)C1CCC1c1cccc2ccccc12. The van der Waals surface area contributed by atoms with E-state index in [1.165, 1.54) is 16.3 Å². The van der Waals surface area contributed by atoms with Crippen molar-refractivity contribution < 1.29 is 9.90 Å². The van der Waals surface area contributed by atoms with Crippen LogP contribution in [0.3, 0.4) is 0 Å². The number of carboxylic acid groups (broad SMARTS) is 1. The summed E-state index contributed by atoms with van der Waals surface area (Å²) in [5, 5.41) is 11.5. The molecule has 17 heavy (non-hydrogen) atoms. The minimum atomic E-state index is -0.658. The first-order chi connectivity index (χ1) is 8.27. The van der Waals surface area contributed by atoms with Crippen molar-refractivity contribution in [2.24, 2.45) is 5.92 Å². The quantitative estimate of drug-likeness (QED) is 0.851. The van der Waals surface area contributed by atoms with Crippen molar-refractivity contribution in [1.82, 2.24) is 0 Å². The van der Waals surface area contributed by atoms with Crippen LogP contribution in [0.2, 0.25) is 0 Å². The van der Waals surface area contributed by atoms with Crippen LogP contribution < -0.4 is 0 Å². The highest BCUT2D eigenvalue weighted by atomic mass is 16.4. The van der Waals surface area contributed by atoms with Gasteiger partial charge in [-0.05, 0) is 35.1 Å². The molecule has 0 aliphatic heterocycles. The predicted octanol–water partition coefficient (Wildman–Crippen LogP) is 3.42. The lowest BCUT2D eigenvalue weighted by Gasteiger charge is -2.34. The molecule has 1 aliphatic carbocycles. The normalized spacial score (nSPS) is 23.3. The number of carbonyl (C=O) groups is 1. The van der Waals surface area contributed by atoms with Crippen molar-refractivity contribution in [3.8, 4) is 0 Å². The van der Waals surface area contributed by atoms with E-state index in [1.54, 1.807) is 0 Å². The number of benzene rings is 2. The van der Waals surface area contributed by atoms with Crippen molar-refractivity contribution in [1.29, 1.82) is 0 Å². The minimum Gasteiger partial charge on any atom is -0.481 e. The first-order valence-corrected chi connectivity index (χ1v) is 5.98. The summed E-state index contributed by atoms with van der Waals surface area (Å²) >= 11 is 0. The first-order valence-electron chi connectivity index (χ1n) is 5.98. The van der Waals surface area contributed by atoms with Gasteiger partial charge in [0.1, 0.15) is 0 Å². The Morgan fingerprint density at radius 1 is 1.06 bits per heavy atom. The van der Waals surface area contributed by atoms with E-state index >= 15 is 0 Å². The van der Waals surface area contributed by atoms with Crippen molar-refractivity contribution in [2.45, 2.75) is 18.8 Å². The van der Waals surface area contributed by atoms with Crippen molar-refractivity contribution in [3.63, 3.8) is 0 Å². The highest BCUT2D eigenvalue weighted by Gasteiger charge is 2.38. The highest BCUT2D eigenvalue weighted by Crippen LogP contribution is 2.44. The number of hydrogen-bond acceptors (Lipinski definition) is 1. The van der Waals surface area contributed by atoms with E-state index in [4.69, 9.17) is 5.11 Å². The van der Waals surface area contributed by atoms with E-state index < -0.39 is 5.97 Å². The van der Waals surface area contributed by atoms with E-state index in [0.29, 0.717) is 0 Å². The van der Waals surface area contributed by atoms with Gasteiger partial charge in [0.05, 0.1) is 5.92 Å². The van der Waals surface area contributed by atoms with Crippen molar-refractivity contribution >= 4 is 16.7 Å². The maximum absolute atomic E-state index is 11.1. The molecule has 1 N–H and O–H groups in total. The van der Waals surface area contributed by atoms with Crippen molar-refractivity contribution in [2.75, 3.05) is 0 Å². The zero-order valence-electron chi connectivity index (χ0n) is 9.47. The molecule has 1 saturated carbocycles. The minimum absolute atomic E-state index is 0.193. The van der Waals surface area contributed by atoms with E-state index in [0.717, 1.165) is 12.8 Å². The van der Waals surface area contributed by atoms with Crippen LogP contribution in [-0.4, -0.2) is 11.1 Å². The Bertz CT molecular complexity index is 569. The molecule has 0 spiro atoms.